The first-order valence-corrected chi connectivity index (χ1v) is 12.0. The second kappa shape index (κ2) is 10.2. The average Bonchev–Trinajstić information content (AvgIpc) is 2.93. The maximum atomic E-state index is 13.0. The highest BCUT2D eigenvalue weighted by Crippen LogP contribution is 2.36. The summed E-state index contributed by atoms with van der Waals surface area (Å²) < 4.78 is 36.5. The van der Waals surface area contributed by atoms with Crippen LogP contribution < -0.4 is 19.7 Å². The smallest absolute Gasteiger partial charge is 0.265 e. The van der Waals surface area contributed by atoms with Crippen molar-refractivity contribution in [2.24, 2.45) is 0 Å². The zero-order valence-corrected chi connectivity index (χ0v) is 19.2. The number of para-hydroxylation sites is 1. The molecule has 0 spiro atoms. The number of hydrogen-bond acceptors (Lipinski definition) is 6. The number of anilines is 2. The number of hydrogen-bond donors (Lipinski definition) is 2. The number of carbonyl (C=O) groups excluding carboxylic acids is 2. The normalized spacial score (nSPS) is 15.8. The molecule has 9 nitrogen and oxygen atoms in total. The van der Waals surface area contributed by atoms with Crippen LogP contribution in [0.4, 0.5) is 11.4 Å². The van der Waals surface area contributed by atoms with Crippen molar-refractivity contribution >= 4 is 44.8 Å². The molecule has 0 saturated heterocycles. The molecule has 2 aromatic rings. The number of amides is 2. The van der Waals surface area contributed by atoms with Gasteiger partial charge in [0.15, 0.2) is 6.10 Å². The van der Waals surface area contributed by atoms with E-state index in [1.165, 1.54) is 23.5 Å². The van der Waals surface area contributed by atoms with Crippen LogP contribution in [0.2, 0.25) is 5.02 Å². The fraction of sp³-hybridized carbons (Fsp3) is 0.333. The quantitative estimate of drug-likeness (QED) is 0.586. The second-order valence-corrected chi connectivity index (χ2v) is 9.47. The molecular formula is C21H24ClN3O6S. The standard InChI is InChI=1S/C21H24ClN3O6S/c1-30-12-10-23-20(26)15-5-3-4-6-16(15)24-21(27)19-9-11-25(32(2,28)29)17-13-14(22)7-8-18(17)31-19/h3-8,13,19H,9-12H2,1-2H3,(H,23,26)(H,24,27). The number of benzene rings is 2. The molecule has 1 aliphatic heterocycles. The predicted molar refractivity (Wildman–Crippen MR) is 122 cm³/mol. The van der Waals surface area contributed by atoms with Gasteiger partial charge in [0.25, 0.3) is 11.8 Å². The van der Waals surface area contributed by atoms with Gasteiger partial charge in [0.2, 0.25) is 10.0 Å². The Balaban J connectivity index is 1.81. The number of halogens is 1. The fourth-order valence-corrected chi connectivity index (χ4v) is 4.35. The van der Waals surface area contributed by atoms with Gasteiger partial charge in [-0.15, -0.1) is 0 Å². The maximum absolute atomic E-state index is 13.0. The summed E-state index contributed by atoms with van der Waals surface area (Å²) in [5, 5.41) is 5.78. The number of ether oxygens (including phenoxy) is 2. The third kappa shape index (κ3) is 5.70. The van der Waals surface area contributed by atoms with E-state index in [0.717, 1.165) is 6.26 Å². The van der Waals surface area contributed by atoms with Gasteiger partial charge in [-0.1, -0.05) is 23.7 Å². The van der Waals surface area contributed by atoms with Crippen molar-refractivity contribution in [1.82, 2.24) is 5.32 Å². The van der Waals surface area contributed by atoms with Gasteiger partial charge in [-0.05, 0) is 30.3 Å². The number of carbonyl (C=O) groups is 2. The van der Waals surface area contributed by atoms with E-state index in [4.69, 9.17) is 21.1 Å². The minimum Gasteiger partial charge on any atom is -0.478 e. The fourth-order valence-electron chi connectivity index (χ4n) is 3.25. The average molecular weight is 482 g/mol. The van der Waals surface area contributed by atoms with E-state index in [9.17, 15) is 18.0 Å². The van der Waals surface area contributed by atoms with E-state index in [0.29, 0.717) is 23.9 Å². The van der Waals surface area contributed by atoms with Gasteiger partial charge in [0.05, 0.1) is 29.8 Å². The van der Waals surface area contributed by atoms with Crippen LogP contribution in [-0.2, 0) is 19.6 Å². The number of sulfonamides is 1. The van der Waals surface area contributed by atoms with Crippen LogP contribution in [0.5, 0.6) is 5.75 Å². The summed E-state index contributed by atoms with van der Waals surface area (Å²) in [6.07, 6.45) is 0.204. The highest BCUT2D eigenvalue weighted by molar-refractivity contribution is 7.92. The molecule has 1 heterocycles. The molecule has 0 aromatic heterocycles. The first kappa shape index (κ1) is 23.8. The van der Waals surface area contributed by atoms with Gasteiger partial charge in [-0.2, -0.15) is 0 Å². The molecule has 32 heavy (non-hydrogen) atoms. The maximum Gasteiger partial charge on any atom is 0.265 e. The largest absolute Gasteiger partial charge is 0.478 e. The lowest BCUT2D eigenvalue weighted by Gasteiger charge is -2.21. The Kier molecular flexibility index (Phi) is 7.60. The monoisotopic (exact) mass is 481 g/mol. The van der Waals surface area contributed by atoms with Crippen LogP contribution in [0.15, 0.2) is 42.5 Å². The van der Waals surface area contributed by atoms with Crippen molar-refractivity contribution in [3.8, 4) is 5.75 Å². The van der Waals surface area contributed by atoms with Crippen molar-refractivity contribution in [1.29, 1.82) is 0 Å². The van der Waals surface area contributed by atoms with Crippen molar-refractivity contribution in [2.75, 3.05) is 42.7 Å². The third-order valence-electron chi connectivity index (χ3n) is 4.77. The van der Waals surface area contributed by atoms with Gasteiger partial charge < -0.3 is 20.1 Å². The SMILES string of the molecule is COCCNC(=O)c1ccccc1NC(=O)C1CCN(S(C)(=O)=O)c2cc(Cl)ccc2O1. The Morgan fingerprint density at radius 3 is 2.72 bits per heavy atom. The molecule has 1 atom stereocenters. The van der Waals surface area contributed by atoms with E-state index >= 15 is 0 Å². The Bertz CT molecular complexity index is 1110. The lowest BCUT2D eigenvalue weighted by atomic mass is 10.1. The Morgan fingerprint density at radius 2 is 2.00 bits per heavy atom. The Hall–Kier alpha value is -2.82. The number of nitrogens with one attached hydrogen (secondary N) is 2. The molecular weight excluding hydrogens is 458 g/mol. The molecule has 3 rings (SSSR count). The van der Waals surface area contributed by atoms with E-state index < -0.39 is 22.0 Å². The molecule has 0 fully saturated rings. The van der Waals surface area contributed by atoms with Gasteiger partial charge in [0, 0.05) is 31.6 Å². The summed E-state index contributed by atoms with van der Waals surface area (Å²) in [4.78, 5) is 25.5. The number of fused-ring (bicyclic) bond motifs is 1. The van der Waals surface area contributed by atoms with Crippen molar-refractivity contribution in [2.45, 2.75) is 12.5 Å². The lowest BCUT2D eigenvalue weighted by Crippen LogP contribution is -2.36. The van der Waals surface area contributed by atoms with Gasteiger partial charge in [-0.3, -0.25) is 13.9 Å². The summed E-state index contributed by atoms with van der Waals surface area (Å²) in [7, 11) is -2.08. The van der Waals surface area contributed by atoms with Crippen molar-refractivity contribution < 1.29 is 27.5 Å². The molecule has 2 amide bonds. The zero-order valence-electron chi connectivity index (χ0n) is 17.6. The molecule has 172 valence electrons. The molecule has 0 bridgehead atoms. The first-order valence-electron chi connectivity index (χ1n) is 9.81. The predicted octanol–water partition coefficient (Wildman–Crippen LogP) is 2.27. The first-order chi connectivity index (χ1) is 15.2. The van der Waals surface area contributed by atoms with E-state index in [2.05, 4.69) is 10.6 Å². The second-order valence-electron chi connectivity index (χ2n) is 7.13. The number of methoxy groups -OCH3 is 1. The topological polar surface area (TPSA) is 114 Å². The minimum absolute atomic E-state index is 0.0312. The molecule has 2 aromatic carbocycles. The van der Waals surface area contributed by atoms with Crippen LogP contribution in [0.1, 0.15) is 16.8 Å². The highest BCUT2D eigenvalue weighted by atomic mass is 35.5. The summed E-state index contributed by atoms with van der Waals surface area (Å²) >= 11 is 6.04. The van der Waals surface area contributed by atoms with Crippen LogP contribution in [-0.4, -0.2) is 59.4 Å². The molecule has 0 aliphatic carbocycles. The summed E-state index contributed by atoms with van der Waals surface area (Å²) in [5.74, 6) is -0.635. The molecule has 0 saturated carbocycles. The highest BCUT2D eigenvalue weighted by Gasteiger charge is 2.32. The lowest BCUT2D eigenvalue weighted by molar-refractivity contribution is -0.122. The number of nitrogens with zero attached hydrogens (tertiary/aromatic N) is 1. The molecule has 11 heteroatoms. The van der Waals surface area contributed by atoms with Crippen molar-refractivity contribution in [3.05, 3.63) is 53.1 Å². The Labute approximate surface area is 191 Å². The molecule has 0 radical (unpaired) electrons. The van der Waals surface area contributed by atoms with Crippen LogP contribution >= 0.6 is 11.6 Å². The Morgan fingerprint density at radius 1 is 1.25 bits per heavy atom. The summed E-state index contributed by atoms with van der Waals surface area (Å²) in [6, 6.07) is 11.1. The molecule has 1 unspecified atom stereocenters. The van der Waals surface area contributed by atoms with Gasteiger partial charge in [-0.25, -0.2) is 8.42 Å². The van der Waals surface area contributed by atoms with E-state index in [1.807, 2.05) is 0 Å². The minimum atomic E-state index is -3.62. The van der Waals surface area contributed by atoms with E-state index in [1.54, 1.807) is 30.3 Å². The zero-order chi connectivity index (χ0) is 23.3. The van der Waals surface area contributed by atoms with Gasteiger partial charge >= 0.3 is 0 Å². The van der Waals surface area contributed by atoms with Crippen LogP contribution in [0, 0.1) is 0 Å². The third-order valence-corrected chi connectivity index (χ3v) is 6.18. The molecule has 2 N–H and O–H groups in total. The van der Waals surface area contributed by atoms with E-state index in [-0.39, 0.29) is 35.9 Å². The summed E-state index contributed by atoms with van der Waals surface area (Å²) in [5.41, 5.74) is 0.875. The van der Waals surface area contributed by atoms with Crippen LogP contribution in [0.25, 0.3) is 0 Å². The van der Waals surface area contributed by atoms with Crippen LogP contribution in [0.3, 0.4) is 0 Å². The summed E-state index contributed by atoms with van der Waals surface area (Å²) in [6.45, 7) is 0.712. The molecule has 1 aliphatic rings. The van der Waals surface area contributed by atoms with Gasteiger partial charge in [0.1, 0.15) is 5.75 Å². The van der Waals surface area contributed by atoms with Crippen molar-refractivity contribution in [3.63, 3.8) is 0 Å². The number of rotatable bonds is 7.